The van der Waals surface area contributed by atoms with E-state index in [1.807, 2.05) is 0 Å². The van der Waals surface area contributed by atoms with E-state index >= 15 is 0 Å². The van der Waals surface area contributed by atoms with Gasteiger partial charge in [0.15, 0.2) is 0 Å². The van der Waals surface area contributed by atoms with Crippen molar-refractivity contribution >= 4 is 0 Å². The average molecular weight is 157 g/mol. The molecule has 0 unspecified atom stereocenters. The first-order valence-corrected chi connectivity index (χ1v) is 4.47. The molecule has 1 saturated carbocycles. The lowest BCUT2D eigenvalue weighted by atomic mass is 9.89. The summed E-state index contributed by atoms with van der Waals surface area (Å²) in [5, 5.41) is 0. The van der Waals surface area contributed by atoms with Crippen LogP contribution in [0, 0.1) is 0 Å². The predicted molar refractivity (Wildman–Crippen MR) is 46.5 cm³/mol. The van der Waals surface area contributed by atoms with Crippen molar-refractivity contribution in [3.63, 3.8) is 0 Å². The Kier molecular flexibility index (Phi) is 2.55. The summed E-state index contributed by atoms with van der Waals surface area (Å²) in [5.74, 6) is 0. The normalized spacial score (nSPS) is 31.6. The minimum absolute atomic E-state index is 0.0464. The third-order valence-corrected chi connectivity index (χ3v) is 2.47. The Morgan fingerprint density at radius 3 is 2.36 bits per heavy atom. The van der Waals surface area contributed by atoms with Crippen LogP contribution >= 0.6 is 0 Å². The van der Waals surface area contributed by atoms with E-state index in [4.69, 9.17) is 10.5 Å². The summed E-state index contributed by atoms with van der Waals surface area (Å²) in [6, 6.07) is 0.396. The highest BCUT2D eigenvalue weighted by atomic mass is 16.5. The van der Waals surface area contributed by atoms with Crippen LogP contribution in [0.5, 0.6) is 0 Å². The Labute approximate surface area is 69.1 Å². The lowest BCUT2D eigenvalue weighted by Gasteiger charge is -2.38. The summed E-state index contributed by atoms with van der Waals surface area (Å²) in [4.78, 5) is 0. The third kappa shape index (κ3) is 2.46. The van der Waals surface area contributed by atoms with Gasteiger partial charge in [-0.25, -0.2) is 0 Å². The molecule has 0 aromatic rings. The summed E-state index contributed by atoms with van der Waals surface area (Å²) in [5.41, 5.74) is 5.70. The first-order chi connectivity index (χ1) is 5.03. The fourth-order valence-electron chi connectivity index (χ4n) is 1.24. The second-order valence-corrected chi connectivity index (χ2v) is 4.08. The van der Waals surface area contributed by atoms with Gasteiger partial charge in [-0.3, -0.25) is 0 Å². The summed E-state index contributed by atoms with van der Waals surface area (Å²) in [7, 11) is 0. The molecular weight excluding hydrogens is 138 g/mol. The van der Waals surface area contributed by atoms with Crippen molar-refractivity contribution in [2.45, 2.75) is 57.8 Å². The van der Waals surface area contributed by atoms with Crippen molar-refractivity contribution in [3.8, 4) is 0 Å². The van der Waals surface area contributed by atoms with E-state index in [1.54, 1.807) is 0 Å². The SMILES string of the molecule is CCC(C)(C)OC1CC(N)C1. The lowest BCUT2D eigenvalue weighted by Crippen LogP contribution is -2.45. The second-order valence-electron chi connectivity index (χ2n) is 4.08. The molecular formula is C9H19NO. The largest absolute Gasteiger partial charge is 0.372 e. The Morgan fingerprint density at radius 2 is 2.00 bits per heavy atom. The maximum atomic E-state index is 5.81. The Balaban J connectivity index is 2.21. The van der Waals surface area contributed by atoms with Crippen LogP contribution in [0.3, 0.4) is 0 Å². The number of rotatable bonds is 3. The van der Waals surface area contributed by atoms with E-state index in [1.165, 1.54) is 0 Å². The van der Waals surface area contributed by atoms with E-state index in [9.17, 15) is 0 Å². The average Bonchev–Trinajstić information content (AvgIpc) is 1.84. The van der Waals surface area contributed by atoms with Crippen LogP contribution in [0.15, 0.2) is 0 Å². The number of ether oxygens (including phenoxy) is 1. The van der Waals surface area contributed by atoms with Gasteiger partial charge in [0, 0.05) is 6.04 Å². The van der Waals surface area contributed by atoms with Crippen molar-refractivity contribution in [2.24, 2.45) is 5.73 Å². The summed E-state index contributed by atoms with van der Waals surface area (Å²) >= 11 is 0. The molecule has 1 aliphatic carbocycles. The minimum Gasteiger partial charge on any atom is -0.372 e. The van der Waals surface area contributed by atoms with Gasteiger partial charge < -0.3 is 10.5 Å². The molecule has 1 rings (SSSR count). The van der Waals surface area contributed by atoms with Gasteiger partial charge in [-0.15, -0.1) is 0 Å². The highest BCUT2D eigenvalue weighted by Crippen LogP contribution is 2.27. The molecule has 1 aliphatic rings. The molecule has 0 aliphatic heterocycles. The quantitative estimate of drug-likeness (QED) is 0.676. The molecule has 2 N–H and O–H groups in total. The van der Waals surface area contributed by atoms with Crippen LogP contribution in [0.4, 0.5) is 0 Å². The van der Waals surface area contributed by atoms with Crippen molar-refractivity contribution in [2.75, 3.05) is 0 Å². The summed E-state index contributed by atoms with van der Waals surface area (Å²) < 4.78 is 5.81. The highest BCUT2D eigenvalue weighted by molar-refractivity contribution is 4.85. The van der Waals surface area contributed by atoms with Crippen molar-refractivity contribution < 1.29 is 4.74 Å². The molecule has 1 fully saturated rings. The Hall–Kier alpha value is -0.0800. The van der Waals surface area contributed by atoms with Crippen LogP contribution in [0.1, 0.15) is 40.0 Å². The zero-order valence-electron chi connectivity index (χ0n) is 7.76. The number of hydrogen-bond donors (Lipinski definition) is 1. The van der Waals surface area contributed by atoms with E-state index < -0.39 is 0 Å². The van der Waals surface area contributed by atoms with Gasteiger partial charge in [-0.1, -0.05) is 6.92 Å². The molecule has 66 valence electrons. The monoisotopic (exact) mass is 157 g/mol. The molecule has 2 nitrogen and oxygen atoms in total. The molecule has 2 heteroatoms. The lowest BCUT2D eigenvalue weighted by molar-refractivity contribution is -0.109. The van der Waals surface area contributed by atoms with Gasteiger partial charge in [0.2, 0.25) is 0 Å². The van der Waals surface area contributed by atoms with Crippen LogP contribution in [0.25, 0.3) is 0 Å². The van der Waals surface area contributed by atoms with E-state index in [0.29, 0.717) is 12.1 Å². The van der Waals surface area contributed by atoms with Crippen LogP contribution < -0.4 is 5.73 Å². The van der Waals surface area contributed by atoms with Crippen molar-refractivity contribution in [1.82, 2.24) is 0 Å². The summed E-state index contributed by atoms with van der Waals surface area (Å²) in [6.45, 7) is 6.42. The van der Waals surface area contributed by atoms with Gasteiger partial charge in [0.1, 0.15) is 0 Å². The van der Waals surface area contributed by atoms with E-state index in [0.717, 1.165) is 19.3 Å². The molecule has 11 heavy (non-hydrogen) atoms. The fourth-order valence-corrected chi connectivity index (χ4v) is 1.24. The van der Waals surface area contributed by atoms with Crippen LogP contribution in [0.2, 0.25) is 0 Å². The minimum atomic E-state index is 0.0464. The predicted octanol–water partition coefficient (Wildman–Crippen LogP) is 1.68. The van der Waals surface area contributed by atoms with Gasteiger partial charge in [-0.2, -0.15) is 0 Å². The molecule has 0 radical (unpaired) electrons. The van der Waals surface area contributed by atoms with Crippen molar-refractivity contribution in [3.05, 3.63) is 0 Å². The smallest absolute Gasteiger partial charge is 0.0627 e. The molecule has 0 amide bonds. The highest BCUT2D eigenvalue weighted by Gasteiger charge is 2.31. The van der Waals surface area contributed by atoms with Gasteiger partial charge in [0.25, 0.3) is 0 Å². The standard InChI is InChI=1S/C9H19NO/c1-4-9(2,3)11-8-5-7(10)6-8/h7-8H,4-6,10H2,1-3H3. The maximum absolute atomic E-state index is 5.81. The van der Waals surface area contributed by atoms with E-state index in [-0.39, 0.29) is 5.60 Å². The molecule has 0 bridgehead atoms. The van der Waals surface area contributed by atoms with Crippen LogP contribution in [-0.2, 0) is 4.74 Å². The number of hydrogen-bond acceptors (Lipinski definition) is 2. The third-order valence-electron chi connectivity index (χ3n) is 2.47. The first kappa shape index (κ1) is 9.01. The number of nitrogens with two attached hydrogens (primary N) is 1. The maximum Gasteiger partial charge on any atom is 0.0627 e. The van der Waals surface area contributed by atoms with Crippen molar-refractivity contribution in [1.29, 1.82) is 0 Å². The summed E-state index contributed by atoms with van der Waals surface area (Å²) in [6.07, 6.45) is 3.59. The molecule has 0 aromatic heterocycles. The zero-order chi connectivity index (χ0) is 8.48. The topological polar surface area (TPSA) is 35.2 Å². The van der Waals surface area contributed by atoms with Gasteiger partial charge in [0.05, 0.1) is 11.7 Å². The van der Waals surface area contributed by atoms with Gasteiger partial charge >= 0.3 is 0 Å². The molecule has 0 saturated heterocycles. The Bertz CT molecular complexity index is 128. The first-order valence-electron chi connectivity index (χ1n) is 4.47. The molecule has 0 atom stereocenters. The zero-order valence-corrected chi connectivity index (χ0v) is 7.76. The fraction of sp³-hybridized carbons (Fsp3) is 1.00. The second kappa shape index (κ2) is 3.11. The van der Waals surface area contributed by atoms with Crippen LogP contribution in [-0.4, -0.2) is 17.7 Å². The molecule has 0 heterocycles. The van der Waals surface area contributed by atoms with Gasteiger partial charge in [-0.05, 0) is 33.1 Å². The molecule has 0 aromatic carbocycles. The Morgan fingerprint density at radius 1 is 1.45 bits per heavy atom. The molecule has 0 spiro atoms. The van der Waals surface area contributed by atoms with E-state index in [2.05, 4.69) is 20.8 Å².